The van der Waals surface area contributed by atoms with Crippen molar-refractivity contribution in [2.75, 3.05) is 13.1 Å². The molecule has 20 heavy (non-hydrogen) atoms. The van der Waals surface area contributed by atoms with Gasteiger partial charge in [-0.05, 0) is 19.3 Å². The normalized spacial score (nSPS) is 19.1. The Hall–Kier alpha value is -1.06. The molecule has 1 fully saturated rings. The zero-order chi connectivity index (χ0) is 14.8. The van der Waals surface area contributed by atoms with Crippen LogP contribution in [0.2, 0.25) is 0 Å². The summed E-state index contributed by atoms with van der Waals surface area (Å²) >= 11 is 0. The number of amides is 1. The molecule has 0 radical (unpaired) electrons. The van der Waals surface area contributed by atoms with Crippen molar-refractivity contribution < 1.29 is 14.7 Å². The molecule has 0 aromatic rings. The Morgan fingerprint density at radius 3 is 2.40 bits per heavy atom. The maximum absolute atomic E-state index is 12.0. The van der Waals surface area contributed by atoms with Crippen molar-refractivity contribution >= 4 is 11.9 Å². The predicted octanol–water partition coefficient (Wildman–Crippen LogP) is 3.45. The third kappa shape index (κ3) is 6.40. The molecular formula is C16H29NO3. The van der Waals surface area contributed by atoms with Crippen molar-refractivity contribution in [3.63, 3.8) is 0 Å². The van der Waals surface area contributed by atoms with Gasteiger partial charge in [-0.1, -0.05) is 45.4 Å². The van der Waals surface area contributed by atoms with Gasteiger partial charge in [0.1, 0.15) is 0 Å². The summed E-state index contributed by atoms with van der Waals surface area (Å²) in [6, 6.07) is 0. The highest BCUT2D eigenvalue weighted by molar-refractivity contribution is 5.78. The number of rotatable bonds is 9. The molecule has 0 saturated carbocycles. The molecule has 1 aliphatic rings. The summed E-state index contributed by atoms with van der Waals surface area (Å²) in [6.45, 7) is 3.35. The molecule has 0 aromatic heterocycles. The zero-order valence-electron chi connectivity index (χ0n) is 12.8. The largest absolute Gasteiger partial charge is 0.481 e. The molecule has 0 spiro atoms. The summed E-state index contributed by atoms with van der Waals surface area (Å²) in [7, 11) is 0. The first-order valence-corrected chi connectivity index (χ1v) is 8.15. The van der Waals surface area contributed by atoms with E-state index in [4.69, 9.17) is 5.11 Å². The van der Waals surface area contributed by atoms with Crippen molar-refractivity contribution in [2.45, 2.75) is 71.1 Å². The Morgan fingerprint density at radius 2 is 1.75 bits per heavy atom. The van der Waals surface area contributed by atoms with Gasteiger partial charge in [-0.25, -0.2) is 0 Å². The number of piperidine rings is 1. The van der Waals surface area contributed by atoms with Crippen molar-refractivity contribution in [2.24, 2.45) is 5.92 Å². The minimum Gasteiger partial charge on any atom is -0.481 e. The SMILES string of the molecule is CCCCCCCCCC(=O)N1CCC[C@H](C(=O)O)C1. The van der Waals surface area contributed by atoms with Crippen LogP contribution in [-0.4, -0.2) is 35.0 Å². The summed E-state index contributed by atoms with van der Waals surface area (Å²) in [5.41, 5.74) is 0. The Labute approximate surface area is 122 Å². The molecule has 0 unspecified atom stereocenters. The molecule has 1 rings (SSSR count). The predicted molar refractivity (Wildman–Crippen MR) is 79.5 cm³/mol. The highest BCUT2D eigenvalue weighted by Crippen LogP contribution is 2.18. The fourth-order valence-electron chi connectivity index (χ4n) is 2.80. The van der Waals surface area contributed by atoms with Crippen molar-refractivity contribution in [1.82, 2.24) is 4.90 Å². The number of aliphatic carboxylic acids is 1. The van der Waals surface area contributed by atoms with Crippen LogP contribution in [-0.2, 0) is 9.59 Å². The van der Waals surface area contributed by atoms with E-state index in [2.05, 4.69) is 6.92 Å². The second kappa shape index (κ2) is 9.78. The topological polar surface area (TPSA) is 57.6 Å². The minimum atomic E-state index is -0.765. The third-order valence-corrected chi connectivity index (χ3v) is 4.12. The van der Waals surface area contributed by atoms with Gasteiger partial charge in [0.15, 0.2) is 0 Å². The van der Waals surface area contributed by atoms with Crippen LogP contribution >= 0.6 is 0 Å². The number of hydrogen-bond donors (Lipinski definition) is 1. The van der Waals surface area contributed by atoms with Crippen LogP contribution in [0, 0.1) is 5.92 Å². The Kier molecular flexibility index (Phi) is 8.31. The highest BCUT2D eigenvalue weighted by Gasteiger charge is 2.27. The minimum absolute atomic E-state index is 0.143. The first-order chi connectivity index (χ1) is 9.65. The lowest BCUT2D eigenvalue weighted by atomic mass is 9.98. The van der Waals surface area contributed by atoms with Gasteiger partial charge in [0.25, 0.3) is 0 Å². The molecule has 4 nitrogen and oxygen atoms in total. The van der Waals surface area contributed by atoms with Crippen molar-refractivity contribution in [3.8, 4) is 0 Å². The molecule has 1 saturated heterocycles. The van der Waals surface area contributed by atoms with E-state index in [0.717, 1.165) is 25.8 Å². The Balaban J connectivity index is 2.11. The number of nitrogens with zero attached hydrogens (tertiary/aromatic N) is 1. The molecule has 1 N–H and O–H groups in total. The van der Waals surface area contributed by atoms with Gasteiger partial charge in [0.2, 0.25) is 5.91 Å². The maximum atomic E-state index is 12.0. The standard InChI is InChI=1S/C16H29NO3/c1-2-3-4-5-6-7-8-11-15(18)17-12-9-10-14(13-17)16(19)20/h14H,2-13H2,1H3,(H,19,20)/t14-/m0/s1. The quantitative estimate of drug-likeness (QED) is 0.659. The molecule has 0 bridgehead atoms. The lowest BCUT2D eigenvalue weighted by Crippen LogP contribution is -2.42. The van der Waals surface area contributed by atoms with E-state index in [-0.39, 0.29) is 11.8 Å². The summed E-state index contributed by atoms with van der Waals surface area (Å²) in [5.74, 6) is -0.982. The lowest BCUT2D eigenvalue weighted by molar-refractivity contribution is -0.145. The van der Waals surface area contributed by atoms with Crippen LogP contribution in [0.15, 0.2) is 0 Å². The van der Waals surface area contributed by atoms with E-state index in [1.165, 1.54) is 32.1 Å². The molecule has 4 heteroatoms. The maximum Gasteiger partial charge on any atom is 0.308 e. The van der Waals surface area contributed by atoms with Gasteiger partial charge in [0, 0.05) is 19.5 Å². The van der Waals surface area contributed by atoms with Crippen LogP contribution < -0.4 is 0 Å². The van der Waals surface area contributed by atoms with Crippen LogP contribution in [0.3, 0.4) is 0 Å². The molecule has 1 aliphatic heterocycles. The molecule has 1 amide bonds. The van der Waals surface area contributed by atoms with E-state index >= 15 is 0 Å². The van der Waals surface area contributed by atoms with E-state index < -0.39 is 5.97 Å². The second-order valence-electron chi connectivity index (χ2n) is 5.89. The Bertz CT molecular complexity index is 304. The van der Waals surface area contributed by atoms with E-state index in [9.17, 15) is 9.59 Å². The molecule has 116 valence electrons. The number of carbonyl (C=O) groups excluding carboxylic acids is 1. The van der Waals surface area contributed by atoms with Gasteiger partial charge in [-0.2, -0.15) is 0 Å². The first-order valence-electron chi connectivity index (χ1n) is 8.15. The van der Waals surface area contributed by atoms with Crippen LogP contribution in [0.5, 0.6) is 0 Å². The number of carboxylic acid groups (broad SMARTS) is 1. The molecule has 0 aromatic carbocycles. The summed E-state index contributed by atoms with van der Waals surface area (Å²) in [6.07, 6.45) is 10.5. The van der Waals surface area contributed by atoms with E-state index in [0.29, 0.717) is 19.4 Å². The first kappa shape index (κ1) is 17.0. The third-order valence-electron chi connectivity index (χ3n) is 4.12. The number of unbranched alkanes of at least 4 members (excludes halogenated alkanes) is 6. The smallest absolute Gasteiger partial charge is 0.308 e. The van der Waals surface area contributed by atoms with Gasteiger partial charge in [-0.3, -0.25) is 9.59 Å². The van der Waals surface area contributed by atoms with E-state index in [1.807, 2.05) is 0 Å². The van der Waals surface area contributed by atoms with Crippen molar-refractivity contribution in [3.05, 3.63) is 0 Å². The summed E-state index contributed by atoms with van der Waals surface area (Å²) < 4.78 is 0. The average Bonchev–Trinajstić information content (AvgIpc) is 2.46. The molecule has 0 aliphatic carbocycles. The monoisotopic (exact) mass is 283 g/mol. The fourth-order valence-corrected chi connectivity index (χ4v) is 2.80. The van der Waals surface area contributed by atoms with Crippen LogP contribution in [0.1, 0.15) is 71.1 Å². The summed E-state index contributed by atoms with van der Waals surface area (Å²) in [5, 5.41) is 9.02. The highest BCUT2D eigenvalue weighted by atomic mass is 16.4. The zero-order valence-corrected chi connectivity index (χ0v) is 12.8. The molecule has 1 heterocycles. The van der Waals surface area contributed by atoms with Gasteiger partial charge < -0.3 is 10.0 Å². The second-order valence-corrected chi connectivity index (χ2v) is 5.89. The van der Waals surface area contributed by atoms with Crippen LogP contribution in [0.25, 0.3) is 0 Å². The number of carbonyl (C=O) groups is 2. The fraction of sp³-hybridized carbons (Fsp3) is 0.875. The van der Waals surface area contributed by atoms with Gasteiger partial charge >= 0.3 is 5.97 Å². The van der Waals surface area contributed by atoms with Gasteiger partial charge in [0.05, 0.1) is 5.92 Å². The molecular weight excluding hydrogens is 254 g/mol. The number of carboxylic acids is 1. The van der Waals surface area contributed by atoms with Crippen molar-refractivity contribution in [1.29, 1.82) is 0 Å². The summed E-state index contributed by atoms with van der Waals surface area (Å²) in [4.78, 5) is 24.8. The van der Waals surface area contributed by atoms with Gasteiger partial charge in [-0.15, -0.1) is 0 Å². The lowest BCUT2D eigenvalue weighted by Gasteiger charge is -2.30. The number of hydrogen-bond acceptors (Lipinski definition) is 2. The van der Waals surface area contributed by atoms with Crippen LogP contribution in [0.4, 0.5) is 0 Å². The molecule has 1 atom stereocenters. The Morgan fingerprint density at radius 1 is 1.10 bits per heavy atom. The van der Waals surface area contributed by atoms with E-state index in [1.54, 1.807) is 4.90 Å². The average molecular weight is 283 g/mol. The number of likely N-dealkylation sites (tertiary alicyclic amines) is 1.